The molecule has 0 saturated heterocycles. The quantitative estimate of drug-likeness (QED) is 0.870. The molecule has 2 unspecified atom stereocenters. The first-order chi connectivity index (χ1) is 11.8. The molecule has 0 bridgehead atoms. The molecule has 1 aromatic carbocycles. The number of carbonyl (C=O) groups is 1. The summed E-state index contributed by atoms with van der Waals surface area (Å²) in [5, 5.41) is 7.33. The van der Waals surface area contributed by atoms with Crippen LogP contribution in [0.2, 0.25) is 5.02 Å². The Bertz CT molecular complexity index is 760. The average Bonchev–Trinajstić information content (AvgIpc) is 3.04. The third kappa shape index (κ3) is 4.15. The van der Waals surface area contributed by atoms with Gasteiger partial charge in [0.25, 0.3) is 5.91 Å². The van der Waals surface area contributed by atoms with Crippen molar-refractivity contribution in [2.24, 2.45) is 5.92 Å². The highest BCUT2D eigenvalue weighted by atomic mass is 35.5. The van der Waals surface area contributed by atoms with Crippen LogP contribution in [0.15, 0.2) is 36.5 Å². The summed E-state index contributed by atoms with van der Waals surface area (Å²) < 4.78 is 40.1. The molecular formula is C17H17ClF3N3O. The van der Waals surface area contributed by atoms with Crippen LogP contribution >= 0.6 is 11.6 Å². The maximum Gasteiger partial charge on any atom is 0.391 e. The van der Waals surface area contributed by atoms with Gasteiger partial charge in [-0.05, 0) is 37.5 Å². The Morgan fingerprint density at radius 1 is 1.24 bits per heavy atom. The van der Waals surface area contributed by atoms with E-state index in [1.807, 2.05) is 0 Å². The van der Waals surface area contributed by atoms with Gasteiger partial charge in [-0.25, -0.2) is 4.68 Å². The number of para-hydroxylation sites is 1. The van der Waals surface area contributed by atoms with Crippen molar-refractivity contribution in [2.45, 2.75) is 37.9 Å². The number of hydrogen-bond acceptors (Lipinski definition) is 2. The van der Waals surface area contributed by atoms with Crippen molar-refractivity contribution in [3.05, 3.63) is 47.2 Å². The van der Waals surface area contributed by atoms with Crippen LogP contribution in [0.1, 0.15) is 36.2 Å². The maximum absolute atomic E-state index is 12.9. The van der Waals surface area contributed by atoms with Crippen LogP contribution in [0.25, 0.3) is 5.69 Å². The number of carbonyl (C=O) groups excluding carboxylic acids is 1. The zero-order valence-electron chi connectivity index (χ0n) is 13.3. The highest BCUT2D eigenvalue weighted by molar-refractivity contribution is 6.32. The normalized spacial score (nSPS) is 21.1. The molecule has 0 spiro atoms. The number of halogens is 4. The molecule has 2 aromatic rings. The Labute approximate surface area is 148 Å². The van der Waals surface area contributed by atoms with Gasteiger partial charge in [-0.15, -0.1) is 0 Å². The Hall–Kier alpha value is -2.02. The van der Waals surface area contributed by atoms with Gasteiger partial charge in [0.15, 0.2) is 5.69 Å². The molecule has 1 N–H and O–H groups in total. The smallest absolute Gasteiger partial charge is 0.348 e. The summed E-state index contributed by atoms with van der Waals surface area (Å²) in [7, 11) is 0. The standard InChI is InChI=1S/C17H17ClF3N3O/c18-13-6-1-2-7-15(13)24-9-8-14(23-24)16(25)22-12-5-3-4-11(10-12)17(19,20)21/h1-2,6-9,11-12H,3-5,10H2,(H,22,25). The molecule has 3 rings (SSSR count). The second kappa shape index (κ2) is 7.07. The third-order valence-electron chi connectivity index (χ3n) is 4.39. The van der Waals surface area contributed by atoms with Crippen molar-refractivity contribution in [3.63, 3.8) is 0 Å². The van der Waals surface area contributed by atoms with Gasteiger partial charge in [-0.1, -0.05) is 30.2 Å². The molecule has 4 nitrogen and oxygen atoms in total. The predicted octanol–water partition coefficient (Wildman–Crippen LogP) is 4.38. The first-order valence-electron chi connectivity index (χ1n) is 8.03. The number of alkyl halides is 3. The summed E-state index contributed by atoms with van der Waals surface area (Å²) in [6.45, 7) is 0. The van der Waals surface area contributed by atoms with Gasteiger partial charge < -0.3 is 5.32 Å². The predicted molar refractivity (Wildman–Crippen MR) is 87.8 cm³/mol. The molecule has 1 aliphatic carbocycles. The first kappa shape index (κ1) is 17.8. The second-order valence-electron chi connectivity index (χ2n) is 6.17. The largest absolute Gasteiger partial charge is 0.391 e. The molecule has 8 heteroatoms. The summed E-state index contributed by atoms with van der Waals surface area (Å²) in [6.07, 6.45) is -1.59. The molecule has 0 aliphatic heterocycles. The van der Waals surface area contributed by atoms with Crippen LogP contribution in [0.4, 0.5) is 13.2 Å². The fourth-order valence-electron chi connectivity index (χ4n) is 3.09. The molecular weight excluding hydrogens is 355 g/mol. The van der Waals surface area contributed by atoms with Gasteiger partial charge in [0, 0.05) is 12.2 Å². The molecule has 2 atom stereocenters. The van der Waals surface area contributed by atoms with E-state index in [0.29, 0.717) is 23.6 Å². The van der Waals surface area contributed by atoms with Crippen molar-refractivity contribution in [1.29, 1.82) is 0 Å². The first-order valence-corrected chi connectivity index (χ1v) is 8.40. The van der Waals surface area contributed by atoms with Gasteiger partial charge in [0.1, 0.15) is 0 Å². The molecule has 1 amide bonds. The van der Waals surface area contributed by atoms with Crippen LogP contribution in [0, 0.1) is 5.92 Å². The number of rotatable bonds is 3. The van der Waals surface area contributed by atoms with E-state index in [1.165, 1.54) is 10.7 Å². The van der Waals surface area contributed by atoms with Crippen molar-refractivity contribution < 1.29 is 18.0 Å². The number of nitrogens with zero attached hydrogens (tertiary/aromatic N) is 2. The van der Waals surface area contributed by atoms with Crippen LogP contribution in [-0.2, 0) is 0 Å². The highest BCUT2D eigenvalue weighted by Crippen LogP contribution is 2.37. The topological polar surface area (TPSA) is 46.9 Å². The number of hydrogen-bond donors (Lipinski definition) is 1. The van der Waals surface area contributed by atoms with E-state index in [1.54, 1.807) is 30.5 Å². The summed E-state index contributed by atoms with van der Waals surface area (Å²) in [5.74, 6) is -1.83. The Kier molecular flexibility index (Phi) is 5.03. The lowest BCUT2D eigenvalue weighted by molar-refractivity contribution is -0.183. The van der Waals surface area contributed by atoms with Crippen molar-refractivity contribution in [3.8, 4) is 5.69 Å². The van der Waals surface area contributed by atoms with Gasteiger partial charge in [-0.3, -0.25) is 4.79 Å². The van der Waals surface area contributed by atoms with E-state index in [-0.39, 0.29) is 18.5 Å². The number of aromatic nitrogens is 2. The minimum absolute atomic E-state index is 0.0829. The van der Waals surface area contributed by atoms with Crippen molar-refractivity contribution in [1.82, 2.24) is 15.1 Å². The monoisotopic (exact) mass is 371 g/mol. The van der Waals surface area contributed by atoms with Gasteiger partial charge in [-0.2, -0.15) is 18.3 Å². The number of amides is 1. The lowest BCUT2D eigenvalue weighted by atomic mass is 9.85. The van der Waals surface area contributed by atoms with E-state index < -0.39 is 24.0 Å². The van der Waals surface area contributed by atoms with E-state index in [9.17, 15) is 18.0 Å². The zero-order valence-corrected chi connectivity index (χ0v) is 14.0. The lowest BCUT2D eigenvalue weighted by Gasteiger charge is -2.30. The minimum atomic E-state index is -4.21. The molecule has 1 saturated carbocycles. The molecule has 134 valence electrons. The summed E-state index contributed by atoms with van der Waals surface area (Å²) in [6, 6.07) is 8.07. The molecule has 1 aliphatic rings. The van der Waals surface area contributed by atoms with Crippen molar-refractivity contribution >= 4 is 17.5 Å². The second-order valence-corrected chi connectivity index (χ2v) is 6.58. The SMILES string of the molecule is O=C(NC1CCCC(C(F)(F)F)C1)c1ccn(-c2ccccc2Cl)n1. The fourth-order valence-corrected chi connectivity index (χ4v) is 3.32. The number of benzene rings is 1. The third-order valence-corrected chi connectivity index (χ3v) is 4.71. The van der Waals surface area contributed by atoms with Gasteiger partial charge >= 0.3 is 6.18 Å². The summed E-state index contributed by atoms with van der Waals surface area (Å²) in [5.41, 5.74) is 0.770. The fraction of sp³-hybridized carbons (Fsp3) is 0.412. The summed E-state index contributed by atoms with van der Waals surface area (Å²) >= 11 is 6.09. The minimum Gasteiger partial charge on any atom is -0.348 e. The van der Waals surface area contributed by atoms with Crippen LogP contribution in [0.3, 0.4) is 0 Å². The average molecular weight is 372 g/mol. The van der Waals surface area contributed by atoms with Crippen molar-refractivity contribution in [2.75, 3.05) is 0 Å². The zero-order chi connectivity index (χ0) is 18.0. The van der Waals surface area contributed by atoms with Crippen LogP contribution in [-0.4, -0.2) is 27.9 Å². The highest BCUT2D eigenvalue weighted by Gasteiger charge is 2.42. The van der Waals surface area contributed by atoms with E-state index in [0.717, 1.165) is 0 Å². The van der Waals surface area contributed by atoms with Gasteiger partial charge in [0.2, 0.25) is 0 Å². The Morgan fingerprint density at radius 2 is 2.00 bits per heavy atom. The molecule has 0 radical (unpaired) electrons. The van der Waals surface area contributed by atoms with Gasteiger partial charge in [0.05, 0.1) is 16.6 Å². The Morgan fingerprint density at radius 3 is 2.72 bits per heavy atom. The molecule has 1 aromatic heterocycles. The van der Waals surface area contributed by atoms with Crippen LogP contribution < -0.4 is 5.32 Å². The lowest BCUT2D eigenvalue weighted by Crippen LogP contribution is -2.41. The van der Waals surface area contributed by atoms with E-state index >= 15 is 0 Å². The van der Waals surface area contributed by atoms with Crippen LogP contribution in [0.5, 0.6) is 0 Å². The molecule has 1 heterocycles. The maximum atomic E-state index is 12.9. The summed E-state index contributed by atoms with van der Waals surface area (Å²) in [4.78, 5) is 12.3. The molecule has 1 fully saturated rings. The molecule has 25 heavy (non-hydrogen) atoms. The van der Waals surface area contributed by atoms with E-state index in [4.69, 9.17) is 11.6 Å². The van der Waals surface area contributed by atoms with E-state index in [2.05, 4.69) is 10.4 Å². The number of nitrogens with one attached hydrogen (secondary N) is 1. The Balaban J connectivity index is 1.67.